The van der Waals surface area contributed by atoms with Crippen molar-refractivity contribution in [3.8, 4) is 0 Å². The van der Waals surface area contributed by atoms with Gasteiger partial charge in [-0.05, 0) is 13.3 Å². The van der Waals surface area contributed by atoms with Gasteiger partial charge < -0.3 is 15.1 Å². The van der Waals surface area contributed by atoms with Gasteiger partial charge >= 0.3 is 11.9 Å². The van der Waals surface area contributed by atoms with Gasteiger partial charge in [-0.15, -0.1) is 0 Å². The van der Waals surface area contributed by atoms with E-state index in [0.717, 1.165) is 0 Å². The molecule has 10 heteroatoms. The van der Waals surface area contributed by atoms with Gasteiger partial charge in [-0.2, -0.15) is 0 Å². The third-order valence-electron chi connectivity index (χ3n) is 2.16. The van der Waals surface area contributed by atoms with Crippen molar-refractivity contribution >= 4 is 27.9 Å². The standard InChI is InChI=1S/C10H18N2O7S/c1-3-4-20(18,19)11-7(2)10(17)12(5-8(13)14)6-9(15)16/h7,11H,3-6H2,1-2H3,(H,13,14)(H,15,16). The maximum atomic E-state index is 11.9. The molecule has 0 bridgehead atoms. The van der Waals surface area contributed by atoms with E-state index in [9.17, 15) is 22.8 Å². The summed E-state index contributed by atoms with van der Waals surface area (Å²) in [6, 6.07) is -1.23. The molecular formula is C10H18N2O7S. The second-order valence-corrected chi connectivity index (χ2v) is 6.01. The molecule has 0 radical (unpaired) electrons. The number of carboxylic acid groups (broad SMARTS) is 2. The fourth-order valence-corrected chi connectivity index (χ4v) is 2.75. The van der Waals surface area contributed by atoms with E-state index in [1.54, 1.807) is 6.92 Å². The minimum atomic E-state index is -3.66. The van der Waals surface area contributed by atoms with Crippen molar-refractivity contribution in [3.63, 3.8) is 0 Å². The number of nitrogens with one attached hydrogen (secondary N) is 1. The van der Waals surface area contributed by atoms with Crippen molar-refractivity contribution in [3.05, 3.63) is 0 Å². The van der Waals surface area contributed by atoms with E-state index in [0.29, 0.717) is 11.3 Å². The first-order valence-corrected chi connectivity index (χ1v) is 7.46. The van der Waals surface area contributed by atoms with Gasteiger partial charge in [0, 0.05) is 0 Å². The van der Waals surface area contributed by atoms with Crippen LogP contribution in [0.25, 0.3) is 0 Å². The molecule has 0 saturated carbocycles. The fourth-order valence-electron chi connectivity index (χ4n) is 1.46. The molecule has 3 N–H and O–H groups in total. The van der Waals surface area contributed by atoms with Crippen molar-refractivity contribution in [1.29, 1.82) is 0 Å². The van der Waals surface area contributed by atoms with Crippen LogP contribution in [0.2, 0.25) is 0 Å². The van der Waals surface area contributed by atoms with Crippen LogP contribution in [0.5, 0.6) is 0 Å². The Bertz CT molecular complexity index is 458. The second-order valence-electron chi connectivity index (χ2n) is 4.14. The molecule has 20 heavy (non-hydrogen) atoms. The van der Waals surface area contributed by atoms with Gasteiger partial charge in [-0.3, -0.25) is 14.4 Å². The molecule has 0 aliphatic heterocycles. The van der Waals surface area contributed by atoms with Crippen molar-refractivity contribution in [2.45, 2.75) is 26.3 Å². The van der Waals surface area contributed by atoms with Gasteiger partial charge in [0.05, 0.1) is 11.8 Å². The van der Waals surface area contributed by atoms with Gasteiger partial charge in [0.15, 0.2) is 0 Å². The lowest BCUT2D eigenvalue weighted by Crippen LogP contribution is -2.50. The predicted octanol–water partition coefficient (Wildman–Crippen LogP) is -1.30. The van der Waals surface area contributed by atoms with Crippen LogP contribution in [0.15, 0.2) is 0 Å². The van der Waals surface area contributed by atoms with E-state index in [4.69, 9.17) is 10.2 Å². The normalized spacial score (nSPS) is 12.7. The summed E-state index contributed by atoms with van der Waals surface area (Å²) in [6.07, 6.45) is 0.351. The molecule has 0 aliphatic rings. The van der Waals surface area contributed by atoms with Crippen LogP contribution in [0.3, 0.4) is 0 Å². The van der Waals surface area contributed by atoms with E-state index >= 15 is 0 Å². The molecule has 0 spiro atoms. The second kappa shape index (κ2) is 7.80. The Morgan fingerprint density at radius 3 is 1.95 bits per heavy atom. The Hall–Kier alpha value is -1.68. The van der Waals surface area contributed by atoms with Crippen LogP contribution in [-0.4, -0.2) is 66.3 Å². The van der Waals surface area contributed by atoms with Gasteiger partial charge in [0.1, 0.15) is 13.1 Å². The molecule has 0 rings (SSSR count). The number of amides is 1. The van der Waals surface area contributed by atoms with Crippen LogP contribution in [0.1, 0.15) is 20.3 Å². The van der Waals surface area contributed by atoms with Crippen LogP contribution >= 0.6 is 0 Å². The Morgan fingerprint density at radius 1 is 1.15 bits per heavy atom. The van der Waals surface area contributed by atoms with Gasteiger partial charge in [-0.1, -0.05) is 6.92 Å². The summed E-state index contributed by atoms with van der Waals surface area (Å²) in [5.74, 6) is -3.86. The molecule has 0 saturated heterocycles. The lowest BCUT2D eigenvalue weighted by molar-refractivity contribution is -0.149. The number of rotatable bonds is 9. The number of carbonyl (C=O) groups is 3. The molecule has 116 valence electrons. The molecule has 0 aromatic rings. The summed E-state index contributed by atoms with van der Waals surface area (Å²) in [4.78, 5) is 33.6. The molecule has 1 atom stereocenters. The number of sulfonamides is 1. The van der Waals surface area contributed by atoms with Gasteiger partial charge in [-0.25, -0.2) is 13.1 Å². The smallest absolute Gasteiger partial charge is 0.323 e. The van der Waals surface area contributed by atoms with Crippen LogP contribution < -0.4 is 4.72 Å². The average Bonchev–Trinajstić information content (AvgIpc) is 2.24. The van der Waals surface area contributed by atoms with Crippen molar-refractivity contribution in [2.24, 2.45) is 0 Å². The van der Waals surface area contributed by atoms with Crippen LogP contribution in [-0.2, 0) is 24.4 Å². The largest absolute Gasteiger partial charge is 0.480 e. The van der Waals surface area contributed by atoms with E-state index in [-0.39, 0.29) is 5.75 Å². The lowest BCUT2D eigenvalue weighted by atomic mass is 10.3. The molecular weight excluding hydrogens is 292 g/mol. The third kappa shape index (κ3) is 7.04. The highest BCUT2D eigenvalue weighted by atomic mass is 32.2. The number of aliphatic carboxylic acids is 2. The molecule has 0 aromatic carbocycles. The van der Waals surface area contributed by atoms with Crippen molar-refractivity contribution in [1.82, 2.24) is 9.62 Å². The molecule has 9 nitrogen and oxygen atoms in total. The molecule has 1 amide bonds. The Balaban J connectivity index is 4.87. The van der Waals surface area contributed by atoms with E-state index in [1.807, 2.05) is 0 Å². The zero-order valence-electron chi connectivity index (χ0n) is 11.2. The Kier molecular flexibility index (Phi) is 7.14. The van der Waals surface area contributed by atoms with Crippen molar-refractivity contribution < 1.29 is 33.0 Å². The topological polar surface area (TPSA) is 141 Å². The summed E-state index contributed by atoms with van der Waals surface area (Å²) in [5, 5.41) is 17.2. The lowest BCUT2D eigenvalue weighted by Gasteiger charge is -2.22. The SMILES string of the molecule is CCCS(=O)(=O)NC(C)C(=O)N(CC(=O)O)CC(=O)O. The number of carbonyl (C=O) groups excluding carboxylic acids is 1. The van der Waals surface area contributed by atoms with E-state index in [1.165, 1.54) is 6.92 Å². The summed E-state index contributed by atoms with van der Waals surface area (Å²) >= 11 is 0. The Morgan fingerprint density at radius 2 is 1.60 bits per heavy atom. The molecule has 1 unspecified atom stereocenters. The molecule has 0 aromatic heterocycles. The van der Waals surface area contributed by atoms with Crippen LogP contribution in [0.4, 0.5) is 0 Å². The maximum absolute atomic E-state index is 11.9. The first-order chi connectivity index (χ1) is 9.09. The number of nitrogens with zero attached hydrogens (tertiary/aromatic N) is 1. The monoisotopic (exact) mass is 310 g/mol. The van der Waals surface area contributed by atoms with Crippen molar-refractivity contribution in [2.75, 3.05) is 18.8 Å². The Labute approximate surface area is 116 Å². The zero-order chi connectivity index (χ0) is 15.9. The van der Waals surface area contributed by atoms with E-state index < -0.39 is 47.0 Å². The minimum absolute atomic E-state index is 0.178. The van der Waals surface area contributed by atoms with Crippen LogP contribution in [0, 0.1) is 0 Å². The quantitative estimate of drug-likeness (QED) is 0.480. The summed E-state index contributed by atoms with van der Waals surface area (Å²) in [5.41, 5.74) is 0. The molecule has 0 fully saturated rings. The first-order valence-electron chi connectivity index (χ1n) is 5.81. The van der Waals surface area contributed by atoms with Gasteiger partial charge in [0.25, 0.3) is 0 Å². The number of hydrogen-bond donors (Lipinski definition) is 3. The van der Waals surface area contributed by atoms with Gasteiger partial charge in [0.2, 0.25) is 15.9 Å². The highest BCUT2D eigenvalue weighted by Gasteiger charge is 2.27. The fraction of sp³-hybridized carbons (Fsp3) is 0.700. The highest BCUT2D eigenvalue weighted by Crippen LogP contribution is 1.99. The third-order valence-corrected chi connectivity index (χ3v) is 3.82. The average molecular weight is 310 g/mol. The highest BCUT2D eigenvalue weighted by molar-refractivity contribution is 7.89. The first kappa shape index (κ1) is 18.3. The molecule has 0 aliphatic carbocycles. The molecule has 0 heterocycles. The van der Waals surface area contributed by atoms with E-state index in [2.05, 4.69) is 4.72 Å². The summed E-state index contributed by atoms with van der Waals surface area (Å²) in [7, 11) is -3.66. The summed E-state index contributed by atoms with van der Waals surface area (Å²) in [6.45, 7) is 1.25. The minimum Gasteiger partial charge on any atom is -0.480 e. The predicted molar refractivity (Wildman–Crippen MR) is 68.5 cm³/mol. The zero-order valence-corrected chi connectivity index (χ0v) is 12.0. The number of hydrogen-bond acceptors (Lipinski definition) is 5. The maximum Gasteiger partial charge on any atom is 0.323 e. The summed E-state index contributed by atoms with van der Waals surface area (Å²) < 4.78 is 25.1. The number of carboxylic acids is 2.